The Morgan fingerprint density at radius 3 is 2.69 bits per heavy atom. The molecule has 2 aromatic rings. The molecule has 0 aromatic carbocycles. The van der Waals surface area contributed by atoms with Crippen LogP contribution in [0.1, 0.15) is 11.2 Å². The number of thiophene rings is 2. The summed E-state index contributed by atoms with van der Waals surface area (Å²) in [6.45, 7) is 0. The minimum absolute atomic E-state index is 0.218. The minimum Gasteiger partial charge on any atom is -0.351 e. The normalized spacial score (nSPS) is 11.6. The monoisotopic (exact) mass is 214 g/mol. The van der Waals surface area contributed by atoms with Crippen molar-refractivity contribution in [3.05, 3.63) is 22.4 Å². The zero-order valence-electron chi connectivity index (χ0n) is 7.44. The highest BCUT2D eigenvalue weighted by Gasteiger charge is 2.12. The predicted molar refractivity (Wildman–Crippen MR) is 56.5 cm³/mol. The second kappa shape index (κ2) is 3.75. The molecule has 0 saturated heterocycles. The summed E-state index contributed by atoms with van der Waals surface area (Å²) in [6.07, 6.45) is -0.218. The zero-order valence-corrected chi connectivity index (χ0v) is 9.08. The molecule has 0 fully saturated rings. The second-order valence-corrected chi connectivity index (χ2v) is 4.87. The molecule has 2 aromatic heterocycles. The van der Waals surface area contributed by atoms with Gasteiger partial charge in [-0.05, 0) is 17.5 Å². The summed E-state index contributed by atoms with van der Waals surface area (Å²) in [5, 5.41) is 3.38. The summed E-state index contributed by atoms with van der Waals surface area (Å²) in [4.78, 5) is 1.13. The Bertz CT molecular complexity index is 358. The number of hydrogen-bond acceptors (Lipinski definition) is 4. The van der Waals surface area contributed by atoms with Gasteiger partial charge in [-0.25, -0.2) is 0 Å². The molecule has 0 aliphatic heterocycles. The third-order valence-corrected chi connectivity index (χ3v) is 4.05. The molecule has 70 valence electrons. The van der Waals surface area contributed by atoms with Gasteiger partial charge in [0.15, 0.2) is 6.29 Å². The van der Waals surface area contributed by atoms with Crippen molar-refractivity contribution < 1.29 is 9.47 Å². The summed E-state index contributed by atoms with van der Waals surface area (Å²) in [5.74, 6) is 0. The molecule has 4 heteroatoms. The van der Waals surface area contributed by atoms with Crippen molar-refractivity contribution in [2.24, 2.45) is 0 Å². The number of fused-ring (bicyclic) bond motifs is 1. The minimum atomic E-state index is -0.218. The quantitative estimate of drug-likeness (QED) is 0.730. The van der Waals surface area contributed by atoms with Crippen LogP contribution < -0.4 is 0 Å². The Hall–Kier alpha value is -0.420. The molecule has 0 atom stereocenters. The van der Waals surface area contributed by atoms with E-state index in [4.69, 9.17) is 9.47 Å². The third kappa shape index (κ3) is 1.62. The maximum atomic E-state index is 5.18. The number of methoxy groups -OCH3 is 2. The lowest BCUT2D eigenvalue weighted by Gasteiger charge is -2.09. The second-order valence-electron chi connectivity index (χ2n) is 2.62. The van der Waals surface area contributed by atoms with Gasteiger partial charge < -0.3 is 9.47 Å². The first-order valence-corrected chi connectivity index (χ1v) is 5.57. The topological polar surface area (TPSA) is 18.5 Å². The fourth-order valence-electron chi connectivity index (χ4n) is 1.23. The van der Waals surface area contributed by atoms with E-state index in [2.05, 4.69) is 17.5 Å². The average Bonchev–Trinajstić information content (AvgIpc) is 2.65. The van der Waals surface area contributed by atoms with E-state index in [0.717, 1.165) is 4.88 Å². The highest BCUT2D eigenvalue weighted by molar-refractivity contribution is 7.37. The van der Waals surface area contributed by atoms with E-state index in [-0.39, 0.29) is 6.29 Å². The average molecular weight is 214 g/mol. The summed E-state index contributed by atoms with van der Waals surface area (Å²) in [6, 6.07) is 4.23. The highest BCUT2D eigenvalue weighted by atomic mass is 32.2. The maximum Gasteiger partial charge on any atom is 0.192 e. The highest BCUT2D eigenvalue weighted by Crippen LogP contribution is 2.34. The summed E-state index contributed by atoms with van der Waals surface area (Å²) >= 11 is 3.48. The van der Waals surface area contributed by atoms with Crippen LogP contribution in [0, 0.1) is 0 Å². The first-order valence-electron chi connectivity index (χ1n) is 3.87. The molecule has 13 heavy (non-hydrogen) atoms. The van der Waals surface area contributed by atoms with E-state index in [1.807, 2.05) is 0 Å². The van der Waals surface area contributed by atoms with Gasteiger partial charge in [-0.15, -0.1) is 22.7 Å². The largest absolute Gasteiger partial charge is 0.351 e. The van der Waals surface area contributed by atoms with Gasteiger partial charge in [-0.1, -0.05) is 0 Å². The van der Waals surface area contributed by atoms with Crippen LogP contribution in [0.4, 0.5) is 0 Å². The SMILES string of the molecule is COC(OC)c1cc2ccsc2s1. The first kappa shape index (κ1) is 9.15. The maximum absolute atomic E-state index is 5.18. The summed E-state index contributed by atoms with van der Waals surface area (Å²) in [5.41, 5.74) is 0. The molecule has 0 bridgehead atoms. The van der Waals surface area contributed by atoms with Crippen molar-refractivity contribution in [1.29, 1.82) is 0 Å². The Labute approximate surface area is 84.7 Å². The van der Waals surface area contributed by atoms with E-state index in [0.29, 0.717) is 0 Å². The van der Waals surface area contributed by atoms with Crippen LogP contribution in [-0.2, 0) is 9.47 Å². The van der Waals surface area contributed by atoms with Crippen molar-refractivity contribution in [2.45, 2.75) is 6.29 Å². The lowest BCUT2D eigenvalue weighted by molar-refractivity contribution is -0.103. The zero-order chi connectivity index (χ0) is 9.26. The van der Waals surface area contributed by atoms with E-state index < -0.39 is 0 Å². The van der Waals surface area contributed by atoms with E-state index in [9.17, 15) is 0 Å². The van der Waals surface area contributed by atoms with Crippen molar-refractivity contribution >= 4 is 32.1 Å². The number of ether oxygens (including phenoxy) is 2. The van der Waals surface area contributed by atoms with E-state index in [1.165, 1.54) is 9.40 Å². The molecule has 0 aliphatic rings. The smallest absolute Gasteiger partial charge is 0.192 e. The van der Waals surface area contributed by atoms with Gasteiger partial charge in [0.2, 0.25) is 0 Å². The molecule has 0 amide bonds. The molecule has 0 unspecified atom stereocenters. The molecule has 0 saturated carbocycles. The van der Waals surface area contributed by atoms with Gasteiger partial charge in [-0.3, -0.25) is 0 Å². The van der Waals surface area contributed by atoms with Gasteiger partial charge in [-0.2, -0.15) is 0 Å². The molecule has 0 radical (unpaired) electrons. The molecule has 2 rings (SSSR count). The lowest BCUT2D eigenvalue weighted by Crippen LogP contribution is -2.00. The Morgan fingerprint density at radius 2 is 2.08 bits per heavy atom. The van der Waals surface area contributed by atoms with Crippen molar-refractivity contribution in [2.75, 3.05) is 14.2 Å². The van der Waals surface area contributed by atoms with Gasteiger partial charge in [0.05, 0.1) is 8.89 Å². The van der Waals surface area contributed by atoms with Crippen LogP contribution in [-0.4, -0.2) is 14.2 Å². The van der Waals surface area contributed by atoms with Crippen LogP contribution in [0.15, 0.2) is 17.5 Å². The van der Waals surface area contributed by atoms with E-state index in [1.54, 1.807) is 36.9 Å². The van der Waals surface area contributed by atoms with Gasteiger partial charge in [0.1, 0.15) is 0 Å². The standard InChI is InChI=1S/C9H10O2S2/c1-10-8(11-2)7-5-6-3-4-12-9(6)13-7/h3-5,8H,1-2H3. The number of hydrogen-bond donors (Lipinski definition) is 0. The Kier molecular flexibility index (Phi) is 2.64. The molecule has 0 N–H and O–H groups in total. The van der Waals surface area contributed by atoms with Gasteiger partial charge >= 0.3 is 0 Å². The Balaban J connectivity index is 2.37. The number of rotatable bonds is 3. The van der Waals surface area contributed by atoms with Gasteiger partial charge in [0, 0.05) is 19.6 Å². The first-order chi connectivity index (χ1) is 6.35. The van der Waals surface area contributed by atoms with Crippen LogP contribution in [0.5, 0.6) is 0 Å². The fourth-order valence-corrected chi connectivity index (χ4v) is 3.41. The van der Waals surface area contributed by atoms with Crippen LogP contribution in [0.2, 0.25) is 0 Å². The predicted octanol–water partition coefficient (Wildman–Crippen LogP) is 3.25. The molecule has 0 aliphatic carbocycles. The van der Waals surface area contributed by atoms with Crippen molar-refractivity contribution in [3.63, 3.8) is 0 Å². The Morgan fingerprint density at radius 1 is 1.31 bits per heavy atom. The lowest BCUT2D eigenvalue weighted by atomic mass is 10.3. The van der Waals surface area contributed by atoms with Crippen LogP contribution in [0.25, 0.3) is 9.40 Å². The molecule has 0 spiro atoms. The summed E-state index contributed by atoms with van der Waals surface area (Å²) < 4.78 is 11.7. The molecular formula is C9H10O2S2. The van der Waals surface area contributed by atoms with Crippen LogP contribution in [0.3, 0.4) is 0 Å². The third-order valence-electron chi connectivity index (χ3n) is 1.83. The molecule has 2 heterocycles. The fraction of sp³-hybridized carbons (Fsp3) is 0.333. The van der Waals surface area contributed by atoms with Crippen molar-refractivity contribution in [1.82, 2.24) is 0 Å². The summed E-state index contributed by atoms with van der Waals surface area (Å²) in [7, 11) is 3.31. The van der Waals surface area contributed by atoms with E-state index >= 15 is 0 Å². The van der Waals surface area contributed by atoms with Crippen LogP contribution >= 0.6 is 22.7 Å². The van der Waals surface area contributed by atoms with Gasteiger partial charge in [0.25, 0.3) is 0 Å². The molecular weight excluding hydrogens is 204 g/mol. The van der Waals surface area contributed by atoms with Crippen molar-refractivity contribution in [3.8, 4) is 0 Å². The molecule has 2 nitrogen and oxygen atoms in total.